The summed E-state index contributed by atoms with van der Waals surface area (Å²) >= 11 is 0. The van der Waals surface area contributed by atoms with Crippen LogP contribution in [0.1, 0.15) is 17.3 Å². The van der Waals surface area contributed by atoms with E-state index in [1.54, 1.807) is 4.90 Å². The number of anilines is 1. The highest BCUT2D eigenvalue weighted by molar-refractivity contribution is 6.01. The number of carbonyl (C=O) groups is 1. The van der Waals surface area contributed by atoms with Crippen LogP contribution in [-0.2, 0) is 0 Å². The molecular weight excluding hydrogens is 284 g/mol. The van der Waals surface area contributed by atoms with E-state index in [2.05, 4.69) is 5.32 Å². The number of amides is 1. The maximum Gasteiger partial charge on any atom is 0.292 e. The average molecular weight is 301 g/mol. The molecule has 20 heavy (non-hydrogen) atoms. The Morgan fingerprint density at radius 2 is 2.25 bits per heavy atom. The summed E-state index contributed by atoms with van der Waals surface area (Å²) in [7, 11) is 0. The number of hydrogen-bond acceptors (Lipinski definition) is 5. The van der Waals surface area contributed by atoms with E-state index in [9.17, 15) is 14.9 Å². The molecule has 1 atom stereocenters. The van der Waals surface area contributed by atoms with Crippen molar-refractivity contribution in [3.05, 3.63) is 33.9 Å². The summed E-state index contributed by atoms with van der Waals surface area (Å²) in [5.41, 5.74) is 5.63. The van der Waals surface area contributed by atoms with Gasteiger partial charge in [-0.2, -0.15) is 0 Å². The molecule has 0 aromatic heterocycles. The number of piperazine rings is 1. The molecule has 7 nitrogen and oxygen atoms in total. The number of nitrogen functional groups attached to an aromatic ring is 1. The molecule has 8 heteroatoms. The second-order valence-corrected chi connectivity index (χ2v) is 4.60. The van der Waals surface area contributed by atoms with Gasteiger partial charge in [0.05, 0.1) is 10.5 Å². The predicted octanol–water partition coefficient (Wildman–Crippen LogP) is 1.03. The Kier molecular flexibility index (Phi) is 5.29. The highest BCUT2D eigenvalue weighted by atomic mass is 35.5. The van der Waals surface area contributed by atoms with E-state index in [1.165, 1.54) is 18.2 Å². The number of nitrogens with zero attached hydrogens (tertiary/aromatic N) is 2. The summed E-state index contributed by atoms with van der Waals surface area (Å²) < 4.78 is 0. The molecule has 1 aromatic rings. The number of benzene rings is 1. The van der Waals surface area contributed by atoms with Crippen LogP contribution in [0.25, 0.3) is 0 Å². The number of nitro benzene ring substituents is 1. The lowest BCUT2D eigenvalue weighted by molar-refractivity contribution is -0.383. The van der Waals surface area contributed by atoms with Crippen molar-refractivity contribution in [3.8, 4) is 0 Å². The number of hydrogen-bond donors (Lipinski definition) is 2. The van der Waals surface area contributed by atoms with E-state index in [0.29, 0.717) is 19.6 Å². The summed E-state index contributed by atoms with van der Waals surface area (Å²) in [4.78, 5) is 24.2. The van der Waals surface area contributed by atoms with Crippen LogP contribution < -0.4 is 11.1 Å². The van der Waals surface area contributed by atoms with Crippen molar-refractivity contribution < 1.29 is 9.72 Å². The smallest absolute Gasteiger partial charge is 0.292 e. The molecule has 1 heterocycles. The van der Waals surface area contributed by atoms with Crippen molar-refractivity contribution in [3.63, 3.8) is 0 Å². The minimum atomic E-state index is -0.577. The van der Waals surface area contributed by atoms with Crippen molar-refractivity contribution in [2.75, 3.05) is 25.4 Å². The SMILES string of the molecule is CC1CN(C(=O)c2cccc([N+](=O)[O-])c2N)CCN1.Cl. The molecule has 0 bridgehead atoms. The highest BCUT2D eigenvalue weighted by Crippen LogP contribution is 2.26. The first-order chi connectivity index (χ1) is 9.00. The summed E-state index contributed by atoms with van der Waals surface area (Å²) in [5.74, 6) is -0.255. The van der Waals surface area contributed by atoms with Gasteiger partial charge >= 0.3 is 0 Å². The van der Waals surface area contributed by atoms with Gasteiger partial charge in [0.25, 0.3) is 11.6 Å². The lowest BCUT2D eigenvalue weighted by Crippen LogP contribution is -2.51. The normalized spacial score (nSPS) is 18.2. The first-order valence-electron chi connectivity index (χ1n) is 6.06. The number of para-hydroxylation sites is 1. The maximum atomic E-state index is 12.3. The number of carbonyl (C=O) groups excluding carboxylic acids is 1. The zero-order valence-electron chi connectivity index (χ0n) is 11.0. The molecule has 0 aliphatic carbocycles. The zero-order chi connectivity index (χ0) is 14.0. The standard InChI is InChI=1S/C12H16N4O3.ClH/c1-8-7-15(6-5-14-8)12(17)9-3-2-4-10(11(9)13)16(18)19;/h2-4,8,14H,5-7,13H2,1H3;1H. The Morgan fingerprint density at radius 3 is 2.85 bits per heavy atom. The first-order valence-corrected chi connectivity index (χ1v) is 6.06. The van der Waals surface area contributed by atoms with E-state index < -0.39 is 4.92 Å². The lowest BCUT2D eigenvalue weighted by Gasteiger charge is -2.32. The largest absolute Gasteiger partial charge is 0.393 e. The number of nitro groups is 1. The van der Waals surface area contributed by atoms with Gasteiger partial charge in [0.2, 0.25) is 0 Å². The maximum absolute atomic E-state index is 12.3. The van der Waals surface area contributed by atoms with Crippen LogP contribution in [0, 0.1) is 10.1 Å². The molecule has 1 aromatic carbocycles. The monoisotopic (exact) mass is 300 g/mol. The molecule has 0 radical (unpaired) electrons. The van der Waals surface area contributed by atoms with Crippen LogP contribution in [0.15, 0.2) is 18.2 Å². The van der Waals surface area contributed by atoms with Gasteiger partial charge in [-0.15, -0.1) is 12.4 Å². The van der Waals surface area contributed by atoms with Crippen molar-refractivity contribution in [2.45, 2.75) is 13.0 Å². The fourth-order valence-corrected chi connectivity index (χ4v) is 2.19. The van der Waals surface area contributed by atoms with Gasteiger partial charge in [0.1, 0.15) is 5.69 Å². The molecule has 1 aliphatic heterocycles. The Balaban J connectivity index is 0.00000200. The van der Waals surface area contributed by atoms with Crippen LogP contribution in [0.5, 0.6) is 0 Å². The third-order valence-electron chi connectivity index (χ3n) is 3.17. The van der Waals surface area contributed by atoms with Crippen LogP contribution in [-0.4, -0.2) is 41.4 Å². The summed E-state index contributed by atoms with van der Waals surface area (Å²) in [6.45, 7) is 3.84. The van der Waals surface area contributed by atoms with Crippen molar-refractivity contribution in [1.29, 1.82) is 0 Å². The van der Waals surface area contributed by atoms with Crippen molar-refractivity contribution in [2.24, 2.45) is 0 Å². The third-order valence-corrected chi connectivity index (χ3v) is 3.17. The zero-order valence-corrected chi connectivity index (χ0v) is 11.9. The van der Waals surface area contributed by atoms with Crippen molar-refractivity contribution >= 4 is 29.7 Å². The van der Waals surface area contributed by atoms with Crippen molar-refractivity contribution in [1.82, 2.24) is 10.2 Å². The molecule has 0 spiro atoms. The van der Waals surface area contributed by atoms with E-state index >= 15 is 0 Å². The van der Waals surface area contributed by atoms with E-state index in [0.717, 1.165) is 0 Å². The van der Waals surface area contributed by atoms with Gasteiger partial charge < -0.3 is 16.0 Å². The summed E-state index contributed by atoms with van der Waals surface area (Å²) in [6.07, 6.45) is 0. The molecular formula is C12H17ClN4O3. The Morgan fingerprint density at radius 1 is 1.55 bits per heavy atom. The predicted molar refractivity (Wildman–Crippen MR) is 78.1 cm³/mol. The third kappa shape index (κ3) is 3.17. The quantitative estimate of drug-likeness (QED) is 0.482. The van der Waals surface area contributed by atoms with Gasteiger partial charge in [0, 0.05) is 31.7 Å². The number of rotatable bonds is 2. The average Bonchev–Trinajstić information content (AvgIpc) is 2.38. The molecule has 3 N–H and O–H groups in total. The van der Waals surface area contributed by atoms with Gasteiger partial charge in [-0.1, -0.05) is 6.07 Å². The van der Waals surface area contributed by atoms with Crippen LogP contribution in [0.4, 0.5) is 11.4 Å². The molecule has 1 amide bonds. The second kappa shape index (κ2) is 6.53. The number of nitrogens with two attached hydrogens (primary N) is 1. The Hall–Kier alpha value is -1.86. The molecule has 110 valence electrons. The number of nitrogens with one attached hydrogen (secondary N) is 1. The minimum Gasteiger partial charge on any atom is -0.393 e. The minimum absolute atomic E-state index is 0. The van der Waals surface area contributed by atoms with Gasteiger partial charge in [-0.05, 0) is 13.0 Å². The van der Waals surface area contributed by atoms with E-state index in [-0.39, 0.29) is 41.3 Å². The fraction of sp³-hybridized carbons (Fsp3) is 0.417. The van der Waals surface area contributed by atoms with Gasteiger partial charge in [-0.3, -0.25) is 14.9 Å². The van der Waals surface area contributed by atoms with E-state index in [1.807, 2.05) is 6.92 Å². The molecule has 1 aliphatic rings. The van der Waals surface area contributed by atoms with Crippen LogP contribution in [0.2, 0.25) is 0 Å². The first kappa shape index (κ1) is 16.2. The molecule has 1 unspecified atom stereocenters. The van der Waals surface area contributed by atoms with Gasteiger partial charge in [-0.25, -0.2) is 0 Å². The molecule has 2 rings (SSSR count). The second-order valence-electron chi connectivity index (χ2n) is 4.60. The van der Waals surface area contributed by atoms with E-state index in [4.69, 9.17) is 5.73 Å². The molecule has 0 saturated carbocycles. The fourth-order valence-electron chi connectivity index (χ4n) is 2.19. The topological polar surface area (TPSA) is 102 Å². The Labute approximate surface area is 122 Å². The van der Waals surface area contributed by atoms with Crippen LogP contribution >= 0.6 is 12.4 Å². The van der Waals surface area contributed by atoms with Crippen LogP contribution in [0.3, 0.4) is 0 Å². The summed E-state index contributed by atoms with van der Waals surface area (Å²) in [5, 5.41) is 14.0. The van der Waals surface area contributed by atoms with Gasteiger partial charge in [0.15, 0.2) is 0 Å². The Bertz CT molecular complexity index is 523. The lowest BCUT2D eigenvalue weighted by atomic mass is 10.1. The molecule has 1 saturated heterocycles. The summed E-state index contributed by atoms with van der Waals surface area (Å²) in [6, 6.07) is 4.51. The highest BCUT2D eigenvalue weighted by Gasteiger charge is 2.25. The molecule has 1 fully saturated rings. The number of halogens is 1.